The molecule has 25 heavy (non-hydrogen) atoms. The summed E-state index contributed by atoms with van der Waals surface area (Å²) in [5, 5.41) is 7.93. The molecule has 0 radical (unpaired) electrons. The van der Waals surface area contributed by atoms with E-state index < -0.39 is 11.9 Å². The van der Waals surface area contributed by atoms with Gasteiger partial charge in [0.05, 0.1) is 12.2 Å². The predicted molar refractivity (Wildman–Crippen MR) is 85.4 cm³/mol. The second-order valence-corrected chi connectivity index (χ2v) is 5.74. The van der Waals surface area contributed by atoms with Crippen LogP contribution in [0.1, 0.15) is 11.4 Å². The van der Waals surface area contributed by atoms with E-state index in [1.165, 1.54) is 12.3 Å². The summed E-state index contributed by atoms with van der Waals surface area (Å²) in [6, 6.07) is 6.14. The number of rotatable bonds is 2. The molecule has 0 aromatic carbocycles. The lowest BCUT2D eigenvalue weighted by Gasteiger charge is -2.16. The highest BCUT2D eigenvalue weighted by Crippen LogP contribution is 2.36. The maximum Gasteiger partial charge on any atom is 0.433 e. The lowest BCUT2D eigenvalue weighted by molar-refractivity contribution is -0.141. The zero-order valence-corrected chi connectivity index (χ0v) is 13.1. The molecule has 0 aliphatic carbocycles. The molecule has 3 aromatic heterocycles. The molecule has 0 unspecified atom stereocenters. The van der Waals surface area contributed by atoms with E-state index >= 15 is 0 Å². The first kappa shape index (κ1) is 15.8. The van der Waals surface area contributed by atoms with Gasteiger partial charge in [0.1, 0.15) is 11.4 Å². The molecule has 1 N–H and O–H groups in total. The van der Waals surface area contributed by atoms with Gasteiger partial charge in [0.2, 0.25) is 0 Å². The van der Waals surface area contributed by atoms with E-state index in [0.29, 0.717) is 24.3 Å². The molecule has 0 saturated carbocycles. The molecule has 0 spiro atoms. The van der Waals surface area contributed by atoms with Crippen molar-refractivity contribution in [3.8, 4) is 22.4 Å². The zero-order valence-electron chi connectivity index (χ0n) is 13.1. The smallest absolute Gasteiger partial charge is 0.309 e. The topological polar surface area (TPSA) is 55.6 Å². The first-order valence-electron chi connectivity index (χ1n) is 7.78. The number of nitrogens with one attached hydrogen (secondary N) is 1. The van der Waals surface area contributed by atoms with Crippen LogP contribution in [0, 0.1) is 0 Å². The average Bonchev–Trinajstić information content (AvgIpc) is 3.01. The summed E-state index contributed by atoms with van der Waals surface area (Å²) < 4.78 is 40.2. The lowest BCUT2D eigenvalue weighted by atomic mass is 10.00. The van der Waals surface area contributed by atoms with Crippen molar-refractivity contribution >= 4 is 0 Å². The Morgan fingerprint density at radius 2 is 1.84 bits per heavy atom. The molecule has 5 nitrogen and oxygen atoms in total. The van der Waals surface area contributed by atoms with E-state index in [0.717, 1.165) is 29.4 Å². The third-order valence-corrected chi connectivity index (χ3v) is 4.15. The summed E-state index contributed by atoms with van der Waals surface area (Å²) in [4.78, 5) is 7.59. The summed E-state index contributed by atoms with van der Waals surface area (Å²) in [6.45, 7) is 2.16. The van der Waals surface area contributed by atoms with Gasteiger partial charge in [0.25, 0.3) is 0 Å². The quantitative estimate of drug-likeness (QED) is 0.775. The minimum Gasteiger partial charge on any atom is -0.309 e. The first-order valence-corrected chi connectivity index (χ1v) is 7.78. The molecule has 1 aliphatic rings. The molecule has 1 aliphatic heterocycles. The molecule has 3 aromatic rings. The Labute approximate surface area is 141 Å². The first-order chi connectivity index (χ1) is 12.0. The molecule has 0 bridgehead atoms. The van der Waals surface area contributed by atoms with E-state index in [4.69, 9.17) is 0 Å². The fourth-order valence-electron chi connectivity index (χ4n) is 2.98. The third-order valence-electron chi connectivity index (χ3n) is 4.15. The highest BCUT2D eigenvalue weighted by molar-refractivity contribution is 5.82. The van der Waals surface area contributed by atoms with Crippen LogP contribution in [0.5, 0.6) is 0 Å². The molecule has 8 heteroatoms. The Hall–Kier alpha value is -2.74. The minimum absolute atomic E-state index is 0.557. The van der Waals surface area contributed by atoms with Gasteiger partial charge in [0, 0.05) is 42.8 Å². The van der Waals surface area contributed by atoms with Gasteiger partial charge in [-0.1, -0.05) is 0 Å². The normalized spacial score (nSPS) is 14.4. The Morgan fingerprint density at radius 3 is 2.52 bits per heavy atom. The van der Waals surface area contributed by atoms with Crippen molar-refractivity contribution in [2.45, 2.75) is 19.3 Å². The molecule has 128 valence electrons. The van der Waals surface area contributed by atoms with E-state index in [9.17, 15) is 13.2 Å². The van der Waals surface area contributed by atoms with E-state index in [-0.39, 0.29) is 0 Å². The van der Waals surface area contributed by atoms with Crippen LogP contribution in [-0.4, -0.2) is 26.3 Å². The van der Waals surface area contributed by atoms with E-state index in [2.05, 4.69) is 20.4 Å². The van der Waals surface area contributed by atoms with Gasteiger partial charge >= 0.3 is 6.18 Å². The van der Waals surface area contributed by atoms with Crippen LogP contribution in [0.2, 0.25) is 0 Å². The van der Waals surface area contributed by atoms with Crippen LogP contribution >= 0.6 is 0 Å². The number of nitrogens with zero attached hydrogens (tertiary/aromatic N) is 4. The highest BCUT2D eigenvalue weighted by Gasteiger charge is 2.32. The molecular formula is C17H14F3N5. The van der Waals surface area contributed by atoms with Crippen LogP contribution in [0.4, 0.5) is 13.2 Å². The Balaban J connectivity index is 1.86. The Kier molecular flexibility index (Phi) is 3.76. The van der Waals surface area contributed by atoms with Crippen LogP contribution in [-0.2, 0) is 19.3 Å². The van der Waals surface area contributed by atoms with Crippen LogP contribution in [0.25, 0.3) is 22.4 Å². The average molecular weight is 345 g/mol. The van der Waals surface area contributed by atoms with Crippen molar-refractivity contribution in [2.75, 3.05) is 6.54 Å². The standard InChI is InChI=1S/C17H14F3N5/c18-17(19,20)14-2-1-12(9-23-14)16-15(11-3-5-21-6-4-11)13-10-22-7-8-25(13)24-16/h1-6,9,22H,7-8,10H2. The Morgan fingerprint density at radius 1 is 1.04 bits per heavy atom. The number of hydrogen-bond donors (Lipinski definition) is 1. The van der Waals surface area contributed by atoms with Crippen LogP contribution in [0.3, 0.4) is 0 Å². The summed E-state index contributed by atoms with van der Waals surface area (Å²) in [7, 11) is 0. The van der Waals surface area contributed by atoms with Gasteiger partial charge in [-0.2, -0.15) is 18.3 Å². The number of pyridine rings is 2. The number of fused-ring (bicyclic) bond motifs is 1. The molecule has 0 amide bonds. The minimum atomic E-state index is -4.45. The van der Waals surface area contributed by atoms with E-state index in [1.54, 1.807) is 12.4 Å². The Bertz CT molecular complexity index is 885. The second kappa shape index (κ2) is 5.96. The van der Waals surface area contributed by atoms with Crippen LogP contribution in [0.15, 0.2) is 42.9 Å². The monoisotopic (exact) mass is 345 g/mol. The van der Waals surface area contributed by atoms with Crippen molar-refractivity contribution in [1.82, 2.24) is 25.1 Å². The van der Waals surface area contributed by atoms with Gasteiger partial charge in [-0.25, -0.2) is 0 Å². The maximum atomic E-state index is 12.8. The summed E-state index contributed by atoms with van der Waals surface area (Å²) >= 11 is 0. The van der Waals surface area contributed by atoms with Gasteiger partial charge in [-0.3, -0.25) is 14.6 Å². The molecular weight excluding hydrogens is 331 g/mol. The van der Waals surface area contributed by atoms with E-state index in [1.807, 2.05) is 16.8 Å². The largest absolute Gasteiger partial charge is 0.433 e. The summed E-state index contributed by atoms with van der Waals surface area (Å²) in [5.74, 6) is 0. The number of alkyl halides is 3. The van der Waals surface area contributed by atoms with Gasteiger partial charge < -0.3 is 5.32 Å². The van der Waals surface area contributed by atoms with Gasteiger partial charge in [-0.15, -0.1) is 0 Å². The molecule has 4 heterocycles. The number of aromatic nitrogens is 4. The predicted octanol–water partition coefficient (Wildman–Crippen LogP) is 3.13. The van der Waals surface area contributed by atoms with Crippen molar-refractivity contribution in [3.05, 3.63) is 54.2 Å². The number of hydrogen-bond acceptors (Lipinski definition) is 4. The van der Waals surface area contributed by atoms with Crippen molar-refractivity contribution in [2.24, 2.45) is 0 Å². The van der Waals surface area contributed by atoms with Crippen molar-refractivity contribution in [3.63, 3.8) is 0 Å². The van der Waals surface area contributed by atoms with Gasteiger partial charge in [-0.05, 0) is 29.8 Å². The second-order valence-electron chi connectivity index (χ2n) is 5.74. The SMILES string of the molecule is FC(F)(F)c1ccc(-c2nn3c(c2-c2ccncc2)CNCC3)cn1. The summed E-state index contributed by atoms with van der Waals surface area (Å²) in [6.07, 6.45) is 0.147. The zero-order chi connectivity index (χ0) is 17.4. The summed E-state index contributed by atoms with van der Waals surface area (Å²) in [5.41, 5.74) is 3.11. The maximum absolute atomic E-state index is 12.8. The molecule has 0 atom stereocenters. The van der Waals surface area contributed by atoms with Crippen LogP contribution < -0.4 is 5.32 Å². The lowest BCUT2D eigenvalue weighted by Crippen LogP contribution is -2.28. The molecule has 0 fully saturated rings. The molecule has 0 saturated heterocycles. The third kappa shape index (κ3) is 2.89. The highest BCUT2D eigenvalue weighted by atomic mass is 19.4. The van der Waals surface area contributed by atoms with Gasteiger partial charge in [0.15, 0.2) is 0 Å². The number of halogens is 3. The fraction of sp³-hybridized carbons (Fsp3) is 0.235. The van der Waals surface area contributed by atoms with Crippen molar-refractivity contribution in [1.29, 1.82) is 0 Å². The molecule has 4 rings (SSSR count). The van der Waals surface area contributed by atoms with Crippen molar-refractivity contribution < 1.29 is 13.2 Å². The fourth-order valence-corrected chi connectivity index (χ4v) is 2.98.